The van der Waals surface area contributed by atoms with Crippen LogP contribution in [-0.2, 0) is 23.7 Å². The van der Waals surface area contributed by atoms with Crippen LogP contribution in [0.2, 0.25) is 0 Å². The van der Waals surface area contributed by atoms with Crippen molar-refractivity contribution in [2.75, 3.05) is 19.8 Å². The summed E-state index contributed by atoms with van der Waals surface area (Å²) in [6, 6.07) is -0.938. The number of carbonyl (C=O) groups is 1. The van der Waals surface area contributed by atoms with Gasteiger partial charge in [0.1, 0.15) is 48.8 Å². The van der Waals surface area contributed by atoms with Gasteiger partial charge in [-0.3, -0.25) is 4.79 Å². The molecule has 2 aliphatic rings. The third-order valence-electron chi connectivity index (χ3n) is 20.8. The minimum absolute atomic E-state index is 0.244. The lowest BCUT2D eigenvalue weighted by molar-refractivity contribution is -0.359. The minimum Gasteiger partial charge on any atom is -0.394 e. The summed E-state index contributed by atoms with van der Waals surface area (Å²) < 4.78 is 22.9. The maximum Gasteiger partial charge on any atom is 0.220 e. The van der Waals surface area contributed by atoms with Crippen LogP contribution in [0.15, 0.2) is 36.5 Å². The summed E-state index contributed by atoms with van der Waals surface area (Å²) >= 11 is 0. The second kappa shape index (κ2) is 68.3. The Hall–Kier alpha value is -1.79. The lowest BCUT2D eigenvalue weighted by Crippen LogP contribution is -2.65. The number of carbonyl (C=O) groups excluding carboxylic acids is 1. The van der Waals surface area contributed by atoms with Crippen LogP contribution in [0.25, 0.3) is 0 Å². The average Bonchev–Trinajstić information content (AvgIpc) is 0.812. The number of nitrogens with one attached hydrogen (secondary N) is 1. The third kappa shape index (κ3) is 50.6. The summed E-state index contributed by atoms with van der Waals surface area (Å²) in [6.07, 6.45) is 74.0. The lowest BCUT2D eigenvalue weighted by Gasteiger charge is -2.46. The van der Waals surface area contributed by atoms with Crippen LogP contribution in [0, 0.1) is 0 Å². The van der Waals surface area contributed by atoms with Crippen molar-refractivity contribution in [2.24, 2.45) is 0 Å². The zero-order valence-corrected chi connectivity index (χ0v) is 63.6. The van der Waals surface area contributed by atoms with Crippen molar-refractivity contribution in [3.8, 4) is 0 Å². The number of rotatable bonds is 72. The van der Waals surface area contributed by atoms with E-state index in [0.717, 1.165) is 44.9 Å². The second-order valence-electron chi connectivity index (χ2n) is 30.0. The molecule has 2 saturated heterocycles. The molecule has 0 spiro atoms. The van der Waals surface area contributed by atoms with Gasteiger partial charge in [0.2, 0.25) is 5.91 Å². The van der Waals surface area contributed by atoms with Gasteiger partial charge < -0.3 is 65.1 Å². The quantitative estimate of drug-likeness (QED) is 0.0204. The summed E-state index contributed by atoms with van der Waals surface area (Å²) in [4.78, 5) is 13.4. The van der Waals surface area contributed by atoms with Gasteiger partial charge in [0.15, 0.2) is 12.6 Å². The molecule has 0 aromatic rings. The van der Waals surface area contributed by atoms with Crippen LogP contribution in [0.3, 0.4) is 0 Å². The molecule has 0 aliphatic carbocycles. The predicted molar refractivity (Wildman–Crippen MR) is 406 cm³/mol. The Morgan fingerprint density at radius 3 is 1.00 bits per heavy atom. The Morgan fingerprint density at radius 2 is 0.653 bits per heavy atom. The molecule has 14 nitrogen and oxygen atoms in total. The lowest BCUT2D eigenvalue weighted by atomic mass is 9.97. The van der Waals surface area contributed by atoms with Crippen LogP contribution in [-0.4, -0.2) is 140 Å². The van der Waals surface area contributed by atoms with Crippen molar-refractivity contribution in [3.63, 3.8) is 0 Å². The van der Waals surface area contributed by atoms with E-state index in [0.29, 0.717) is 12.8 Å². The molecule has 0 saturated carbocycles. The number of aliphatic hydroxyl groups is 8. The van der Waals surface area contributed by atoms with Gasteiger partial charge in [0.25, 0.3) is 0 Å². The first-order valence-electron chi connectivity index (χ1n) is 42.2. The van der Waals surface area contributed by atoms with E-state index in [-0.39, 0.29) is 18.9 Å². The molecule has 12 unspecified atom stereocenters. The first-order chi connectivity index (χ1) is 48.1. The fourth-order valence-corrected chi connectivity index (χ4v) is 14.2. The predicted octanol–water partition coefficient (Wildman–Crippen LogP) is 19.6. The van der Waals surface area contributed by atoms with Crippen LogP contribution in [0.4, 0.5) is 0 Å². The third-order valence-corrected chi connectivity index (χ3v) is 20.8. The first-order valence-corrected chi connectivity index (χ1v) is 42.2. The van der Waals surface area contributed by atoms with Crippen LogP contribution in [0.5, 0.6) is 0 Å². The number of hydrogen-bond donors (Lipinski definition) is 9. The first kappa shape index (κ1) is 92.3. The summed E-state index contributed by atoms with van der Waals surface area (Å²) in [5.74, 6) is -0.244. The molecule has 0 aromatic heterocycles. The Bertz CT molecular complexity index is 1780. The molecular weight excluding hydrogens is 1230 g/mol. The molecule has 1 amide bonds. The molecule has 2 heterocycles. The fraction of sp³-hybridized carbons (Fsp3) is 0.917. The monoisotopic (exact) mass is 1390 g/mol. The molecule has 98 heavy (non-hydrogen) atoms. The van der Waals surface area contributed by atoms with Gasteiger partial charge in [-0.1, -0.05) is 384 Å². The van der Waals surface area contributed by atoms with Gasteiger partial charge in [-0.15, -0.1) is 0 Å². The van der Waals surface area contributed by atoms with Crippen molar-refractivity contribution < 1.29 is 64.6 Å². The molecule has 0 bridgehead atoms. The van der Waals surface area contributed by atoms with Gasteiger partial charge in [0.05, 0.1) is 32.0 Å². The fourth-order valence-electron chi connectivity index (χ4n) is 14.2. The van der Waals surface area contributed by atoms with Gasteiger partial charge in [0, 0.05) is 6.42 Å². The van der Waals surface area contributed by atoms with E-state index >= 15 is 0 Å². The second-order valence-corrected chi connectivity index (χ2v) is 30.0. The summed E-state index contributed by atoms with van der Waals surface area (Å²) in [5, 5.41) is 87.7. The smallest absolute Gasteiger partial charge is 0.220 e. The molecular formula is C84H159NO13. The molecule has 0 radical (unpaired) electrons. The van der Waals surface area contributed by atoms with Gasteiger partial charge in [-0.05, 0) is 44.9 Å². The SMILES string of the molecule is CCCCCCCCCCCCCCCCCCCCCC/C=C/CC/C=C/CC/C=C/C(O)C(COC1OC(CO)C(OC2OC(CO)C(O)C(O)C2O)C(O)C1O)NC(=O)CCCCCCCCCCCCCCCCCCCCCCCCCCCCCCCCCCCC. The highest BCUT2D eigenvalue weighted by atomic mass is 16.7. The highest BCUT2D eigenvalue weighted by Gasteiger charge is 2.51. The Kier molecular flexibility index (Phi) is 64.3. The van der Waals surface area contributed by atoms with E-state index in [1.807, 2.05) is 6.08 Å². The number of allylic oxidation sites excluding steroid dienone is 5. The maximum absolute atomic E-state index is 13.4. The Morgan fingerprint density at radius 1 is 0.357 bits per heavy atom. The number of hydrogen-bond acceptors (Lipinski definition) is 13. The highest BCUT2D eigenvalue weighted by Crippen LogP contribution is 2.30. The van der Waals surface area contributed by atoms with E-state index in [1.165, 1.54) is 321 Å². The molecule has 578 valence electrons. The maximum atomic E-state index is 13.4. The molecule has 0 aromatic carbocycles. The zero-order valence-electron chi connectivity index (χ0n) is 63.6. The molecule has 12 atom stereocenters. The summed E-state index contributed by atoms with van der Waals surface area (Å²) in [7, 11) is 0. The summed E-state index contributed by atoms with van der Waals surface area (Å²) in [5.41, 5.74) is 0. The molecule has 2 aliphatic heterocycles. The van der Waals surface area contributed by atoms with E-state index in [1.54, 1.807) is 6.08 Å². The van der Waals surface area contributed by atoms with E-state index < -0.39 is 86.8 Å². The molecule has 14 heteroatoms. The number of unbranched alkanes of at least 4 members (excludes halogenated alkanes) is 55. The molecule has 2 rings (SSSR count). The normalized spacial score (nSPS) is 22.1. The van der Waals surface area contributed by atoms with Gasteiger partial charge in [-0.2, -0.15) is 0 Å². The van der Waals surface area contributed by atoms with Crippen molar-refractivity contribution >= 4 is 5.91 Å². The van der Waals surface area contributed by atoms with E-state index in [2.05, 4.69) is 43.5 Å². The Balaban J connectivity index is 1.61. The van der Waals surface area contributed by atoms with Crippen LogP contribution >= 0.6 is 0 Å². The number of ether oxygens (including phenoxy) is 4. The van der Waals surface area contributed by atoms with E-state index in [4.69, 9.17) is 18.9 Å². The number of amides is 1. The van der Waals surface area contributed by atoms with Crippen molar-refractivity contribution in [1.29, 1.82) is 0 Å². The molecule has 9 N–H and O–H groups in total. The number of aliphatic hydroxyl groups excluding tert-OH is 8. The topological polar surface area (TPSA) is 228 Å². The van der Waals surface area contributed by atoms with Gasteiger partial charge >= 0.3 is 0 Å². The zero-order chi connectivity index (χ0) is 70.8. The summed E-state index contributed by atoms with van der Waals surface area (Å²) in [6.45, 7) is 2.85. The van der Waals surface area contributed by atoms with Gasteiger partial charge in [-0.25, -0.2) is 0 Å². The van der Waals surface area contributed by atoms with Crippen molar-refractivity contribution in [3.05, 3.63) is 36.5 Å². The largest absolute Gasteiger partial charge is 0.394 e. The van der Waals surface area contributed by atoms with Crippen molar-refractivity contribution in [1.82, 2.24) is 5.32 Å². The Labute approximate surface area is 601 Å². The van der Waals surface area contributed by atoms with E-state index in [9.17, 15) is 45.6 Å². The minimum atomic E-state index is -1.79. The van der Waals surface area contributed by atoms with Crippen LogP contribution in [0.1, 0.15) is 399 Å². The molecule has 2 fully saturated rings. The highest BCUT2D eigenvalue weighted by molar-refractivity contribution is 5.76. The standard InChI is InChI=1S/C84H159NO13/c1-3-5-7-9-11-13-15-17-19-21-23-25-27-29-31-33-35-36-37-38-40-42-44-46-48-50-52-54-56-58-60-62-64-66-68-76(89)85-72(71-95-83-81(94)79(92)82(75(70-87)97-83)98-84-80(93)78(91)77(90)74(69-86)96-84)73(88)67-65-63-61-59-57-55-53-51-49-47-45-43-41-39-34-32-30-28-26-24-22-20-18-16-14-12-10-8-6-4-2/h49,51,57,59,65,67,72-75,77-84,86-88,90-94H,3-48,50,52-56,58,60-64,66,68-71H2,1-2H3,(H,85,89)/b51-49+,59-57+,67-65+. The van der Waals surface area contributed by atoms with Crippen LogP contribution < -0.4 is 5.32 Å². The average molecular weight is 1390 g/mol. The van der Waals surface area contributed by atoms with Crippen molar-refractivity contribution in [2.45, 2.75) is 473 Å².